The number of hydrogen-bond donors (Lipinski definition) is 2. The van der Waals surface area contributed by atoms with Crippen molar-refractivity contribution in [1.29, 1.82) is 0 Å². The molecule has 1 fully saturated rings. The standard InChI is InChI=1S/C21H27NO4/c1-14-5-2-3-10-22(14)12-15(23)13-25-16-8-9-18-17-6-4-7-19(17)21(24)26-20(18)11-16/h8-9,11,14-15,23H,2-7,10,12-13H2,1H3/p+1/t14-,15-/m0/s1. The molecule has 4 rings (SSSR count). The summed E-state index contributed by atoms with van der Waals surface area (Å²) in [4.78, 5) is 13.6. The van der Waals surface area contributed by atoms with Gasteiger partial charge in [-0.15, -0.1) is 0 Å². The van der Waals surface area contributed by atoms with Gasteiger partial charge in [0.2, 0.25) is 0 Å². The summed E-state index contributed by atoms with van der Waals surface area (Å²) in [7, 11) is 0. The Morgan fingerprint density at radius 1 is 1.27 bits per heavy atom. The summed E-state index contributed by atoms with van der Waals surface area (Å²) in [6.45, 7) is 4.37. The van der Waals surface area contributed by atoms with Gasteiger partial charge in [0, 0.05) is 17.0 Å². The fourth-order valence-electron chi connectivity index (χ4n) is 4.46. The minimum absolute atomic E-state index is 0.218. The van der Waals surface area contributed by atoms with Crippen molar-refractivity contribution >= 4 is 11.0 Å². The molecule has 5 heteroatoms. The molecule has 2 aromatic rings. The third kappa shape index (κ3) is 3.51. The monoisotopic (exact) mass is 358 g/mol. The third-order valence-electron chi connectivity index (χ3n) is 5.97. The predicted octanol–water partition coefficient (Wildman–Crippen LogP) is 1.48. The van der Waals surface area contributed by atoms with Crippen molar-refractivity contribution < 1.29 is 19.2 Å². The molecule has 3 atom stereocenters. The van der Waals surface area contributed by atoms with Crippen molar-refractivity contribution in [2.45, 2.75) is 57.6 Å². The molecule has 5 nitrogen and oxygen atoms in total. The number of aryl methyl sites for hydroxylation is 1. The number of piperidine rings is 1. The maximum atomic E-state index is 12.1. The van der Waals surface area contributed by atoms with Gasteiger partial charge in [0.15, 0.2) is 0 Å². The summed E-state index contributed by atoms with van der Waals surface area (Å²) in [6.07, 6.45) is 6.04. The molecule has 2 heterocycles. The van der Waals surface area contributed by atoms with Gasteiger partial charge < -0.3 is 19.2 Å². The van der Waals surface area contributed by atoms with Crippen molar-refractivity contribution in [2.24, 2.45) is 0 Å². The largest absolute Gasteiger partial charge is 0.491 e. The van der Waals surface area contributed by atoms with Crippen LogP contribution in [0.3, 0.4) is 0 Å². The van der Waals surface area contributed by atoms with E-state index in [0.29, 0.717) is 17.4 Å². The average molecular weight is 358 g/mol. The number of hydrogen-bond acceptors (Lipinski definition) is 4. The molecule has 0 bridgehead atoms. The molecule has 1 aliphatic heterocycles. The number of ether oxygens (including phenoxy) is 1. The Morgan fingerprint density at radius 3 is 2.96 bits per heavy atom. The van der Waals surface area contributed by atoms with Gasteiger partial charge in [-0.05, 0) is 63.1 Å². The maximum absolute atomic E-state index is 12.1. The highest BCUT2D eigenvalue weighted by atomic mass is 16.5. The van der Waals surface area contributed by atoms with Crippen LogP contribution in [0.1, 0.15) is 43.7 Å². The van der Waals surface area contributed by atoms with Crippen LogP contribution in [0.5, 0.6) is 5.75 Å². The highest BCUT2D eigenvalue weighted by Crippen LogP contribution is 2.29. The lowest BCUT2D eigenvalue weighted by Crippen LogP contribution is -3.17. The van der Waals surface area contributed by atoms with Crippen LogP contribution in [0.25, 0.3) is 11.0 Å². The van der Waals surface area contributed by atoms with Gasteiger partial charge in [0.25, 0.3) is 0 Å². The van der Waals surface area contributed by atoms with Gasteiger partial charge in [-0.25, -0.2) is 4.79 Å². The van der Waals surface area contributed by atoms with E-state index < -0.39 is 6.10 Å². The molecule has 0 saturated carbocycles. The molecule has 0 amide bonds. The van der Waals surface area contributed by atoms with E-state index in [1.165, 1.54) is 24.2 Å². The smallest absolute Gasteiger partial charge is 0.339 e. The highest BCUT2D eigenvalue weighted by Gasteiger charge is 2.25. The Hall–Kier alpha value is -1.85. The Labute approximate surface area is 153 Å². The van der Waals surface area contributed by atoms with Gasteiger partial charge >= 0.3 is 5.63 Å². The van der Waals surface area contributed by atoms with Crippen LogP contribution >= 0.6 is 0 Å². The van der Waals surface area contributed by atoms with Crippen molar-refractivity contribution in [3.05, 3.63) is 39.7 Å². The van der Waals surface area contributed by atoms with Crippen molar-refractivity contribution in [3.63, 3.8) is 0 Å². The molecular formula is C21H28NO4+. The number of aliphatic hydroxyl groups excluding tert-OH is 1. The molecule has 1 aromatic carbocycles. The topological polar surface area (TPSA) is 64.1 Å². The Bertz CT molecular complexity index is 844. The Kier molecular flexibility index (Phi) is 5.00. The molecule has 1 aromatic heterocycles. The summed E-state index contributed by atoms with van der Waals surface area (Å²) in [6, 6.07) is 6.26. The molecule has 26 heavy (non-hydrogen) atoms. The molecule has 0 radical (unpaired) electrons. The van der Waals surface area contributed by atoms with Crippen LogP contribution in [0, 0.1) is 0 Å². The molecular weight excluding hydrogens is 330 g/mol. The van der Waals surface area contributed by atoms with Gasteiger partial charge in [-0.2, -0.15) is 0 Å². The summed E-state index contributed by atoms with van der Waals surface area (Å²) in [5.41, 5.74) is 2.33. The third-order valence-corrected chi connectivity index (χ3v) is 5.97. The van der Waals surface area contributed by atoms with Crippen LogP contribution in [0.2, 0.25) is 0 Å². The number of fused-ring (bicyclic) bond motifs is 3. The van der Waals surface area contributed by atoms with Gasteiger partial charge in [0.1, 0.15) is 30.6 Å². The number of benzene rings is 1. The molecule has 2 aliphatic rings. The number of likely N-dealkylation sites (tertiary alicyclic amines) is 1. The summed E-state index contributed by atoms with van der Waals surface area (Å²) in [5, 5.41) is 11.4. The second-order valence-electron chi connectivity index (χ2n) is 7.83. The number of nitrogens with one attached hydrogen (secondary N) is 1. The number of quaternary nitrogens is 1. The lowest BCUT2D eigenvalue weighted by Gasteiger charge is -2.31. The Morgan fingerprint density at radius 2 is 2.12 bits per heavy atom. The average Bonchev–Trinajstić information content (AvgIpc) is 3.12. The van der Waals surface area contributed by atoms with E-state index in [9.17, 15) is 9.90 Å². The fraction of sp³-hybridized carbons (Fsp3) is 0.571. The minimum Gasteiger partial charge on any atom is -0.491 e. The predicted molar refractivity (Wildman–Crippen MR) is 100 cm³/mol. The van der Waals surface area contributed by atoms with E-state index in [1.54, 1.807) is 6.07 Å². The number of rotatable bonds is 5. The van der Waals surface area contributed by atoms with Gasteiger partial charge in [-0.1, -0.05) is 0 Å². The van der Waals surface area contributed by atoms with E-state index in [4.69, 9.17) is 9.15 Å². The van der Waals surface area contributed by atoms with Gasteiger partial charge in [0.05, 0.1) is 12.6 Å². The minimum atomic E-state index is -0.492. The van der Waals surface area contributed by atoms with Gasteiger partial charge in [-0.3, -0.25) is 0 Å². The van der Waals surface area contributed by atoms with E-state index in [-0.39, 0.29) is 12.2 Å². The van der Waals surface area contributed by atoms with Crippen LogP contribution < -0.4 is 15.3 Å². The summed E-state index contributed by atoms with van der Waals surface area (Å²) in [5.74, 6) is 0.638. The first-order chi connectivity index (χ1) is 12.6. The van der Waals surface area contributed by atoms with Crippen molar-refractivity contribution in [1.82, 2.24) is 0 Å². The lowest BCUT2D eigenvalue weighted by molar-refractivity contribution is -0.931. The van der Waals surface area contributed by atoms with Crippen molar-refractivity contribution in [3.8, 4) is 5.75 Å². The molecule has 0 spiro atoms. The Balaban J connectivity index is 1.43. The molecule has 140 valence electrons. The normalized spacial score (nSPS) is 23.8. The zero-order chi connectivity index (χ0) is 18.1. The van der Waals surface area contributed by atoms with E-state index >= 15 is 0 Å². The highest BCUT2D eigenvalue weighted by molar-refractivity contribution is 5.83. The van der Waals surface area contributed by atoms with E-state index in [2.05, 4.69) is 6.92 Å². The molecule has 1 aliphatic carbocycles. The summed E-state index contributed by atoms with van der Waals surface area (Å²) < 4.78 is 11.3. The first kappa shape index (κ1) is 17.6. The van der Waals surface area contributed by atoms with Crippen LogP contribution in [-0.2, 0) is 12.8 Å². The molecule has 1 unspecified atom stereocenters. The number of aliphatic hydroxyl groups is 1. The zero-order valence-corrected chi connectivity index (χ0v) is 15.4. The second kappa shape index (κ2) is 7.41. The first-order valence-corrected chi connectivity index (χ1v) is 9.86. The van der Waals surface area contributed by atoms with Crippen LogP contribution in [0.15, 0.2) is 27.4 Å². The van der Waals surface area contributed by atoms with E-state index in [0.717, 1.165) is 48.9 Å². The molecule has 1 saturated heterocycles. The second-order valence-corrected chi connectivity index (χ2v) is 7.83. The van der Waals surface area contributed by atoms with E-state index in [1.807, 2.05) is 12.1 Å². The first-order valence-electron chi connectivity index (χ1n) is 9.86. The fourth-order valence-corrected chi connectivity index (χ4v) is 4.46. The van der Waals surface area contributed by atoms with Crippen LogP contribution in [-0.4, -0.2) is 36.9 Å². The quantitative estimate of drug-likeness (QED) is 0.795. The van der Waals surface area contributed by atoms with Crippen LogP contribution in [0.4, 0.5) is 0 Å². The lowest BCUT2D eigenvalue weighted by atomic mass is 10.0. The SMILES string of the molecule is C[C@H]1CCCC[NH+]1C[C@H](O)COc1ccc2c3c(c(=O)oc2c1)CCC3. The zero-order valence-electron chi connectivity index (χ0n) is 15.4. The molecule has 2 N–H and O–H groups in total. The van der Waals surface area contributed by atoms with Crippen molar-refractivity contribution in [2.75, 3.05) is 19.7 Å². The summed E-state index contributed by atoms with van der Waals surface area (Å²) >= 11 is 0. The maximum Gasteiger partial charge on any atom is 0.339 e.